The molecule has 2 N–H and O–H groups in total. The van der Waals surface area contributed by atoms with Crippen LogP contribution >= 0.6 is 0 Å². The Morgan fingerprint density at radius 1 is 1.45 bits per heavy atom. The van der Waals surface area contributed by atoms with Gasteiger partial charge in [-0.25, -0.2) is 0 Å². The van der Waals surface area contributed by atoms with Crippen LogP contribution < -0.4 is 10.6 Å². The Kier molecular flexibility index (Phi) is 3.18. The first kappa shape index (κ1) is 12.7. The van der Waals surface area contributed by atoms with Crippen LogP contribution in [0.15, 0.2) is 36.7 Å². The maximum Gasteiger partial charge on any atom is 0.229 e. The Labute approximate surface area is 118 Å². The van der Waals surface area contributed by atoms with Gasteiger partial charge in [0.2, 0.25) is 5.91 Å². The molecule has 104 valence electrons. The van der Waals surface area contributed by atoms with Crippen LogP contribution in [-0.4, -0.2) is 21.7 Å². The third-order valence-corrected chi connectivity index (χ3v) is 3.75. The smallest absolute Gasteiger partial charge is 0.229 e. The average molecular weight is 270 g/mol. The Morgan fingerprint density at radius 2 is 2.25 bits per heavy atom. The SMILES string of the molecule is CC1Nc2ccccc2CC1C(=O)Nc1cnn(C)c1. The maximum absolute atomic E-state index is 12.4. The average Bonchev–Trinajstić information content (AvgIpc) is 2.83. The fraction of sp³-hybridized carbons (Fsp3) is 0.333. The van der Waals surface area contributed by atoms with E-state index in [2.05, 4.69) is 27.9 Å². The highest BCUT2D eigenvalue weighted by molar-refractivity contribution is 5.93. The number of hydrogen-bond acceptors (Lipinski definition) is 3. The zero-order chi connectivity index (χ0) is 14.1. The van der Waals surface area contributed by atoms with Gasteiger partial charge in [-0.15, -0.1) is 0 Å². The van der Waals surface area contributed by atoms with Crippen molar-refractivity contribution in [1.29, 1.82) is 0 Å². The molecule has 2 heterocycles. The molecule has 1 aromatic carbocycles. The Bertz CT molecular complexity index is 634. The molecule has 1 amide bonds. The topological polar surface area (TPSA) is 59.0 Å². The number of nitrogens with zero attached hydrogens (tertiary/aromatic N) is 2. The molecule has 5 nitrogen and oxygen atoms in total. The number of amides is 1. The summed E-state index contributed by atoms with van der Waals surface area (Å²) in [5.41, 5.74) is 3.06. The number of para-hydroxylation sites is 1. The first-order valence-corrected chi connectivity index (χ1v) is 6.77. The van der Waals surface area contributed by atoms with Gasteiger partial charge in [-0.2, -0.15) is 5.10 Å². The predicted molar refractivity (Wildman–Crippen MR) is 78.6 cm³/mol. The van der Waals surface area contributed by atoms with Gasteiger partial charge < -0.3 is 10.6 Å². The molecule has 0 aliphatic carbocycles. The van der Waals surface area contributed by atoms with Crippen LogP contribution in [0.2, 0.25) is 0 Å². The van der Waals surface area contributed by atoms with Gasteiger partial charge in [0.05, 0.1) is 17.8 Å². The monoisotopic (exact) mass is 270 g/mol. The van der Waals surface area contributed by atoms with Crippen LogP contribution in [0.5, 0.6) is 0 Å². The number of hydrogen-bond donors (Lipinski definition) is 2. The van der Waals surface area contributed by atoms with Gasteiger partial charge in [0.25, 0.3) is 0 Å². The highest BCUT2D eigenvalue weighted by atomic mass is 16.1. The van der Waals surface area contributed by atoms with E-state index in [4.69, 9.17) is 0 Å². The summed E-state index contributed by atoms with van der Waals surface area (Å²) in [5.74, 6) is -0.0439. The van der Waals surface area contributed by atoms with E-state index in [-0.39, 0.29) is 17.9 Å². The van der Waals surface area contributed by atoms with Crippen LogP contribution in [0.25, 0.3) is 0 Å². The minimum Gasteiger partial charge on any atom is -0.382 e. The Balaban J connectivity index is 1.75. The number of carbonyl (C=O) groups excluding carboxylic acids is 1. The van der Waals surface area contributed by atoms with Gasteiger partial charge in [-0.1, -0.05) is 18.2 Å². The summed E-state index contributed by atoms with van der Waals surface area (Å²) in [6, 6.07) is 8.25. The van der Waals surface area contributed by atoms with E-state index in [0.29, 0.717) is 0 Å². The highest BCUT2D eigenvalue weighted by Gasteiger charge is 2.30. The van der Waals surface area contributed by atoms with E-state index in [1.54, 1.807) is 17.1 Å². The van der Waals surface area contributed by atoms with Gasteiger partial charge in [0.1, 0.15) is 0 Å². The molecule has 0 saturated carbocycles. The third kappa shape index (κ3) is 2.39. The van der Waals surface area contributed by atoms with E-state index in [9.17, 15) is 4.79 Å². The lowest BCUT2D eigenvalue weighted by atomic mass is 9.87. The quantitative estimate of drug-likeness (QED) is 0.878. The standard InChI is InChI=1S/C15H18N4O/c1-10-13(7-11-5-3-4-6-14(11)17-10)15(20)18-12-8-16-19(2)9-12/h3-6,8-10,13,17H,7H2,1-2H3,(H,18,20). The van der Waals surface area contributed by atoms with E-state index in [0.717, 1.165) is 17.8 Å². The summed E-state index contributed by atoms with van der Waals surface area (Å²) in [5, 5.41) is 10.4. The molecule has 2 aromatic rings. The number of aromatic nitrogens is 2. The second kappa shape index (κ2) is 5.00. The first-order chi connectivity index (χ1) is 9.63. The molecule has 0 saturated heterocycles. The Morgan fingerprint density at radius 3 is 3.00 bits per heavy atom. The molecule has 2 atom stereocenters. The molecular formula is C15H18N4O. The van der Waals surface area contributed by atoms with Crippen LogP contribution in [0.1, 0.15) is 12.5 Å². The van der Waals surface area contributed by atoms with Crippen molar-refractivity contribution in [3.8, 4) is 0 Å². The lowest BCUT2D eigenvalue weighted by molar-refractivity contribution is -0.120. The zero-order valence-electron chi connectivity index (χ0n) is 11.6. The molecule has 2 unspecified atom stereocenters. The molecule has 0 fully saturated rings. The number of nitrogens with one attached hydrogen (secondary N) is 2. The lowest BCUT2D eigenvalue weighted by Crippen LogP contribution is -2.40. The van der Waals surface area contributed by atoms with Crippen molar-refractivity contribution >= 4 is 17.3 Å². The summed E-state index contributed by atoms with van der Waals surface area (Å²) in [6.07, 6.45) is 4.22. The van der Waals surface area contributed by atoms with Crippen molar-refractivity contribution in [3.63, 3.8) is 0 Å². The highest BCUT2D eigenvalue weighted by Crippen LogP contribution is 2.28. The zero-order valence-corrected chi connectivity index (χ0v) is 11.6. The minimum absolute atomic E-state index is 0.0347. The summed E-state index contributed by atoms with van der Waals surface area (Å²) in [6.45, 7) is 2.05. The summed E-state index contributed by atoms with van der Waals surface area (Å²) in [7, 11) is 1.83. The third-order valence-electron chi connectivity index (χ3n) is 3.75. The molecule has 5 heteroatoms. The molecule has 0 radical (unpaired) electrons. The molecule has 1 aromatic heterocycles. The number of aryl methyl sites for hydroxylation is 1. The van der Waals surface area contributed by atoms with Crippen LogP contribution in [0, 0.1) is 5.92 Å². The molecule has 0 bridgehead atoms. The van der Waals surface area contributed by atoms with Gasteiger partial charge in [0, 0.05) is 25.0 Å². The normalized spacial score (nSPS) is 20.9. The number of rotatable bonds is 2. The lowest BCUT2D eigenvalue weighted by Gasteiger charge is -2.31. The number of fused-ring (bicyclic) bond motifs is 1. The molecule has 0 spiro atoms. The van der Waals surface area contributed by atoms with Gasteiger partial charge >= 0.3 is 0 Å². The van der Waals surface area contributed by atoms with Crippen LogP contribution in [0.3, 0.4) is 0 Å². The summed E-state index contributed by atoms with van der Waals surface area (Å²) >= 11 is 0. The predicted octanol–water partition coefficient (Wildman–Crippen LogP) is 2.03. The van der Waals surface area contributed by atoms with Gasteiger partial charge in [-0.3, -0.25) is 9.48 Å². The largest absolute Gasteiger partial charge is 0.382 e. The molecule has 1 aliphatic heterocycles. The van der Waals surface area contributed by atoms with Crippen LogP contribution in [0.4, 0.5) is 11.4 Å². The maximum atomic E-state index is 12.4. The van der Waals surface area contributed by atoms with Gasteiger partial charge in [-0.05, 0) is 25.0 Å². The van der Waals surface area contributed by atoms with Crippen LogP contribution in [-0.2, 0) is 18.3 Å². The number of anilines is 2. The second-order valence-corrected chi connectivity index (χ2v) is 5.29. The summed E-state index contributed by atoms with van der Waals surface area (Å²) in [4.78, 5) is 12.4. The number of carbonyl (C=O) groups is 1. The van der Waals surface area contributed by atoms with E-state index in [1.165, 1.54) is 5.56 Å². The minimum atomic E-state index is -0.0786. The van der Waals surface area contributed by atoms with Crippen molar-refractivity contribution in [2.45, 2.75) is 19.4 Å². The molecule has 1 aliphatic rings. The van der Waals surface area contributed by atoms with Gasteiger partial charge in [0.15, 0.2) is 0 Å². The Hall–Kier alpha value is -2.30. The number of benzene rings is 1. The van der Waals surface area contributed by atoms with E-state index >= 15 is 0 Å². The van der Waals surface area contributed by atoms with E-state index in [1.807, 2.05) is 26.1 Å². The summed E-state index contributed by atoms with van der Waals surface area (Å²) < 4.78 is 1.67. The van der Waals surface area contributed by atoms with Crippen molar-refractivity contribution in [2.24, 2.45) is 13.0 Å². The fourth-order valence-corrected chi connectivity index (χ4v) is 2.64. The van der Waals surface area contributed by atoms with E-state index < -0.39 is 0 Å². The molecule has 20 heavy (non-hydrogen) atoms. The van der Waals surface area contributed by atoms with Crippen molar-refractivity contribution in [1.82, 2.24) is 9.78 Å². The van der Waals surface area contributed by atoms with Crippen molar-refractivity contribution in [3.05, 3.63) is 42.2 Å². The fourth-order valence-electron chi connectivity index (χ4n) is 2.64. The molecular weight excluding hydrogens is 252 g/mol. The first-order valence-electron chi connectivity index (χ1n) is 6.77. The van der Waals surface area contributed by atoms with Crippen molar-refractivity contribution < 1.29 is 4.79 Å². The second-order valence-electron chi connectivity index (χ2n) is 5.29. The molecule has 3 rings (SSSR count). The van der Waals surface area contributed by atoms with Crippen molar-refractivity contribution in [2.75, 3.05) is 10.6 Å².